The van der Waals surface area contributed by atoms with Crippen LogP contribution in [0, 0.1) is 17.5 Å². The summed E-state index contributed by atoms with van der Waals surface area (Å²) < 4.78 is 39.5. The second-order valence-electron chi connectivity index (χ2n) is 4.31. The molecule has 1 atom stereocenters. The molecule has 0 aliphatic carbocycles. The van der Waals surface area contributed by atoms with Crippen LogP contribution in [-0.4, -0.2) is 34.5 Å². The quantitative estimate of drug-likeness (QED) is 0.847. The van der Waals surface area contributed by atoms with Crippen LogP contribution < -0.4 is 0 Å². The fourth-order valence-corrected chi connectivity index (χ4v) is 1.64. The minimum Gasteiger partial charge on any atom is -0.480 e. The Labute approximate surface area is 113 Å². The molecule has 1 rings (SSSR count). The van der Waals surface area contributed by atoms with Crippen molar-refractivity contribution in [2.75, 3.05) is 6.54 Å². The summed E-state index contributed by atoms with van der Waals surface area (Å²) >= 11 is 0. The van der Waals surface area contributed by atoms with Crippen LogP contribution in [0.3, 0.4) is 0 Å². The average molecular weight is 289 g/mol. The molecule has 20 heavy (non-hydrogen) atoms. The maximum absolute atomic E-state index is 13.6. The first kappa shape index (κ1) is 16.0. The molecule has 1 N–H and O–H groups in total. The molecule has 1 aromatic carbocycles. The third kappa shape index (κ3) is 3.28. The maximum atomic E-state index is 13.6. The largest absolute Gasteiger partial charge is 0.480 e. The van der Waals surface area contributed by atoms with Crippen LogP contribution in [-0.2, 0) is 4.79 Å². The number of nitrogens with zero attached hydrogens (tertiary/aromatic N) is 1. The summed E-state index contributed by atoms with van der Waals surface area (Å²) in [5, 5.41) is 8.77. The van der Waals surface area contributed by atoms with Gasteiger partial charge in [-0.3, -0.25) is 9.59 Å². The third-order valence-corrected chi connectivity index (χ3v) is 2.95. The van der Waals surface area contributed by atoms with Gasteiger partial charge in [0.1, 0.15) is 6.54 Å². The Balaban J connectivity index is 3.19. The Morgan fingerprint density at radius 3 is 2.35 bits per heavy atom. The number of amides is 1. The van der Waals surface area contributed by atoms with Crippen LogP contribution in [0.4, 0.5) is 13.2 Å². The third-order valence-electron chi connectivity index (χ3n) is 2.95. The van der Waals surface area contributed by atoms with Gasteiger partial charge in [-0.1, -0.05) is 6.92 Å². The molecular weight excluding hydrogens is 275 g/mol. The van der Waals surface area contributed by atoms with Crippen molar-refractivity contribution >= 4 is 11.9 Å². The Bertz CT molecular complexity index is 534. The predicted octanol–water partition coefficient (Wildman–Crippen LogP) is 2.43. The molecule has 0 fully saturated rings. The molecule has 0 saturated heterocycles. The summed E-state index contributed by atoms with van der Waals surface area (Å²) in [7, 11) is 0. The average Bonchev–Trinajstić information content (AvgIpc) is 2.40. The molecule has 0 radical (unpaired) electrons. The molecular formula is C13H14F3NO3. The molecule has 0 spiro atoms. The Morgan fingerprint density at radius 2 is 1.85 bits per heavy atom. The molecule has 0 aliphatic heterocycles. The van der Waals surface area contributed by atoms with Gasteiger partial charge in [0.05, 0.1) is 5.56 Å². The lowest BCUT2D eigenvalue weighted by atomic mass is 10.1. The second kappa shape index (κ2) is 6.40. The molecule has 1 amide bonds. The molecule has 0 aliphatic rings. The molecule has 7 heteroatoms. The summed E-state index contributed by atoms with van der Waals surface area (Å²) in [5.41, 5.74) is -0.689. The van der Waals surface area contributed by atoms with Crippen molar-refractivity contribution in [3.63, 3.8) is 0 Å². The van der Waals surface area contributed by atoms with E-state index in [-0.39, 0.29) is 0 Å². The smallest absolute Gasteiger partial charge is 0.323 e. The highest BCUT2D eigenvalue weighted by Crippen LogP contribution is 2.18. The van der Waals surface area contributed by atoms with Crippen molar-refractivity contribution in [1.82, 2.24) is 4.90 Å². The lowest BCUT2D eigenvalue weighted by molar-refractivity contribution is -0.138. The predicted molar refractivity (Wildman–Crippen MR) is 64.7 cm³/mol. The van der Waals surface area contributed by atoms with Gasteiger partial charge in [-0.2, -0.15) is 0 Å². The van der Waals surface area contributed by atoms with Crippen molar-refractivity contribution in [2.45, 2.75) is 26.3 Å². The second-order valence-corrected chi connectivity index (χ2v) is 4.31. The summed E-state index contributed by atoms with van der Waals surface area (Å²) in [6.07, 6.45) is 0.435. The lowest BCUT2D eigenvalue weighted by Gasteiger charge is -2.27. The minimum absolute atomic E-state index is 0.435. The summed E-state index contributed by atoms with van der Waals surface area (Å²) in [6, 6.07) is 0.945. The summed E-state index contributed by atoms with van der Waals surface area (Å²) in [5.74, 6) is -7.05. The number of hydrogen-bond donors (Lipinski definition) is 1. The summed E-state index contributed by atoms with van der Waals surface area (Å²) in [4.78, 5) is 23.7. The van der Waals surface area contributed by atoms with Crippen molar-refractivity contribution in [3.8, 4) is 0 Å². The van der Waals surface area contributed by atoms with Crippen molar-refractivity contribution in [1.29, 1.82) is 0 Å². The number of carboxylic acids is 1. The first-order valence-electron chi connectivity index (χ1n) is 5.95. The Kier molecular flexibility index (Phi) is 5.12. The van der Waals surface area contributed by atoms with Crippen molar-refractivity contribution in [3.05, 3.63) is 35.1 Å². The van der Waals surface area contributed by atoms with E-state index in [2.05, 4.69) is 0 Å². The van der Waals surface area contributed by atoms with Crippen LogP contribution in [0.2, 0.25) is 0 Å². The van der Waals surface area contributed by atoms with E-state index < -0.39 is 47.5 Å². The van der Waals surface area contributed by atoms with Crippen molar-refractivity contribution < 1.29 is 27.9 Å². The number of carbonyl (C=O) groups is 2. The van der Waals surface area contributed by atoms with Crippen LogP contribution in [0.15, 0.2) is 12.1 Å². The molecule has 0 aromatic heterocycles. The highest BCUT2D eigenvalue weighted by Gasteiger charge is 2.27. The number of rotatable bonds is 5. The topological polar surface area (TPSA) is 57.6 Å². The van der Waals surface area contributed by atoms with E-state index in [1.807, 2.05) is 0 Å². The zero-order valence-corrected chi connectivity index (χ0v) is 11.0. The summed E-state index contributed by atoms with van der Waals surface area (Å²) in [6.45, 7) is 2.65. The van der Waals surface area contributed by atoms with E-state index in [1.165, 1.54) is 0 Å². The van der Waals surface area contributed by atoms with E-state index >= 15 is 0 Å². The highest BCUT2D eigenvalue weighted by atomic mass is 19.2. The fourth-order valence-electron chi connectivity index (χ4n) is 1.64. The molecule has 4 nitrogen and oxygen atoms in total. The molecule has 1 aromatic rings. The van der Waals surface area contributed by atoms with E-state index in [9.17, 15) is 22.8 Å². The molecule has 0 saturated carbocycles. The molecule has 0 heterocycles. The van der Waals surface area contributed by atoms with Gasteiger partial charge in [0.2, 0.25) is 0 Å². The lowest BCUT2D eigenvalue weighted by Crippen LogP contribution is -2.42. The van der Waals surface area contributed by atoms with Gasteiger partial charge in [-0.25, -0.2) is 13.2 Å². The van der Waals surface area contributed by atoms with E-state index in [4.69, 9.17) is 5.11 Å². The van der Waals surface area contributed by atoms with Crippen molar-refractivity contribution in [2.24, 2.45) is 0 Å². The zero-order valence-electron chi connectivity index (χ0n) is 11.0. The van der Waals surface area contributed by atoms with Crippen LogP contribution in [0.25, 0.3) is 0 Å². The normalized spacial score (nSPS) is 12.1. The maximum Gasteiger partial charge on any atom is 0.323 e. The first-order valence-corrected chi connectivity index (χ1v) is 5.95. The Hall–Kier alpha value is -2.05. The van der Waals surface area contributed by atoms with Gasteiger partial charge >= 0.3 is 5.97 Å². The van der Waals surface area contributed by atoms with Gasteiger partial charge in [0, 0.05) is 6.04 Å². The van der Waals surface area contributed by atoms with Gasteiger partial charge < -0.3 is 10.0 Å². The standard InChI is InChI=1S/C13H14F3NO3/c1-3-7(2)17(6-10(18)19)13(20)8-4-5-9(14)12(16)11(8)15/h4-5,7H,3,6H2,1-2H3,(H,18,19). The van der Waals surface area contributed by atoms with Gasteiger partial charge in [-0.05, 0) is 25.5 Å². The number of hydrogen-bond acceptors (Lipinski definition) is 2. The SMILES string of the molecule is CCC(C)N(CC(=O)O)C(=O)c1ccc(F)c(F)c1F. The number of aliphatic carboxylic acids is 1. The van der Waals surface area contributed by atoms with Crippen LogP contribution >= 0.6 is 0 Å². The van der Waals surface area contributed by atoms with Gasteiger partial charge in [0.25, 0.3) is 5.91 Å². The van der Waals surface area contributed by atoms with E-state index in [0.717, 1.165) is 11.0 Å². The molecule has 1 unspecified atom stereocenters. The van der Waals surface area contributed by atoms with Crippen LogP contribution in [0.1, 0.15) is 30.6 Å². The molecule has 0 bridgehead atoms. The monoisotopic (exact) mass is 289 g/mol. The number of benzene rings is 1. The zero-order chi connectivity index (χ0) is 15.4. The number of halogens is 3. The minimum atomic E-state index is -1.75. The van der Waals surface area contributed by atoms with E-state index in [0.29, 0.717) is 12.5 Å². The number of carbonyl (C=O) groups excluding carboxylic acids is 1. The van der Waals surface area contributed by atoms with E-state index in [1.54, 1.807) is 13.8 Å². The fraction of sp³-hybridized carbons (Fsp3) is 0.385. The van der Waals surface area contributed by atoms with Crippen LogP contribution in [0.5, 0.6) is 0 Å². The highest BCUT2D eigenvalue weighted by molar-refractivity contribution is 5.96. The first-order chi connectivity index (χ1) is 9.29. The Morgan fingerprint density at radius 1 is 1.25 bits per heavy atom. The molecule has 110 valence electrons. The van der Waals surface area contributed by atoms with Gasteiger partial charge in [0.15, 0.2) is 17.5 Å². The van der Waals surface area contributed by atoms with Gasteiger partial charge in [-0.15, -0.1) is 0 Å². The number of carboxylic acid groups (broad SMARTS) is 1.